The first kappa shape index (κ1) is 25.5. The van der Waals surface area contributed by atoms with Crippen LogP contribution in [0.3, 0.4) is 0 Å². The van der Waals surface area contributed by atoms with Crippen molar-refractivity contribution in [2.75, 3.05) is 11.5 Å². The number of fused-ring (bicyclic) bond motifs is 1. The molecule has 2 aliphatic heterocycles. The minimum absolute atomic E-state index is 0.00965. The summed E-state index contributed by atoms with van der Waals surface area (Å²) in [6.07, 6.45) is 0.271. The first-order valence-corrected chi connectivity index (χ1v) is 12.7. The lowest BCUT2D eigenvalue weighted by Gasteiger charge is -2.31. The Balaban J connectivity index is 1.72. The van der Waals surface area contributed by atoms with Crippen molar-refractivity contribution in [2.24, 2.45) is 0 Å². The van der Waals surface area contributed by atoms with Crippen LogP contribution in [0.25, 0.3) is 0 Å². The van der Waals surface area contributed by atoms with E-state index in [4.69, 9.17) is 26.9 Å². The number of carbonyl (C=O) groups excluding carboxylic acids is 2. The molecule has 2 aliphatic rings. The number of ether oxygens (including phenoxy) is 1. The number of nitrogens with zero attached hydrogens (tertiary/aromatic N) is 3. The number of nitrogens with one attached hydrogen (secondary N) is 1. The van der Waals surface area contributed by atoms with E-state index in [0.29, 0.717) is 21.4 Å². The summed E-state index contributed by atoms with van der Waals surface area (Å²) in [7, 11) is 0. The molecule has 0 aliphatic carbocycles. The van der Waals surface area contributed by atoms with E-state index in [1.54, 1.807) is 6.07 Å². The number of carbonyl (C=O) groups is 2. The van der Waals surface area contributed by atoms with Crippen LogP contribution in [0.1, 0.15) is 64.3 Å². The van der Waals surface area contributed by atoms with E-state index >= 15 is 4.39 Å². The Bertz CT molecular complexity index is 1190. The van der Waals surface area contributed by atoms with Gasteiger partial charge in [-0.1, -0.05) is 65.5 Å². The molecule has 10 heteroatoms. The van der Waals surface area contributed by atoms with Crippen LogP contribution in [0, 0.1) is 5.82 Å². The summed E-state index contributed by atoms with van der Waals surface area (Å²) in [6.45, 7) is 12.3. The average Bonchev–Trinajstić information content (AvgIpc) is 3.05. The largest absolute Gasteiger partial charge is 0.478 e. The molecule has 1 saturated heterocycles. The zero-order valence-electron chi connectivity index (χ0n) is 20.7. The van der Waals surface area contributed by atoms with Gasteiger partial charge in [-0.15, -0.1) is 0 Å². The van der Waals surface area contributed by atoms with Gasteiger partial charge in [-0.05, 0) is 30.2 Å². The number of thiocarbonyl (C=S) groups is 1. The highest BCUT2D eigenvalue weighted by Gasteiger charge is 2.33. The van der Waals surface area contributed by atoms with Crippen LogP contribution in [0.2, 0.25) is 0 Å². The fraction of sp³-hybridized carbons (Fsp3) is 0.480. The van der Waals surface area contributed by atoms with E-state index in [-0.39, 0.29) is 48.0 Å². The number of halogens is 1. The number of benzene rings is 1. The maximum Gasteiger partial charge on any atom is 0.265 e. The molecular weight excluding hydrogens is 487 g/mol. The van der Waals surface area contributed by atoms with Crippen LogP contribution in [-0.2, 0) is 33.4 Å². The molecule has 0 bridgehead atoms. The predicted octanol–water partition coefficient (Wildman–Crippen LogP) is 4.20. The minimum Gasteiger partial charge on any atom is -0.478 e. The van der Waals surface area contributed by atoms with E-state index in [2.05, 4.69) is 46.9 Å². The second kappa shape index (κ2) is 9.13. The van der Waals surface area contributed by atoms with Gasteiger partial charge in [0.25, 0.3) is 5.91 Å². The lowest BCUT2D eigenvalue weighted by atomic mass is 9.86. The molecule has 2 aromatic rings. The SMILES string of the molecule is CC(C)(C)c1cc(C(C)(C)C)nc(CN2C(=O)COc3c(F)cc(CC4SC(=S)NC4=O)cc32)n1. The van der Waals surface area contributed by atoms with Gasteiger partial charge >= 0.3 is 0 Å². The van der Waals surface area contributed by atoms with Crippen molar-refractivity contribution in [1.82, 2.24) is 15.3 Å². The molecule has 2 amide bonds. The summed E-state index contributed by atoms with van der Waals surface area (Å²) in [5, 5.41) is 2.15. The fourth-order valence-corrected chi connectivity index (χ4v) is 5.14. The van der Waals surface area contributed by atoms with Crippen LogP contribution in [0.15, 0.2) is 18.2 Å². The van der Waals surface area contributed by atoms with Gasteiger partial charge in [-0.25, -0.2) is 14.4 Å². The first-order valence-electron chi connectivity index (χ1n) is 11.4. The highest BCUT2D eigenvalue weighted by molar-refractivity contribution is 8.24. The van der Waals surface area contributed by atoms with E-state index < -0.39 is 11.1 Å². The molecule has 0 radical (unpaired) electrons. The second-order valence-electron chi connectivity index (χ2n) is 10.8. The van der Waals surface area contributed by atoms with Gasteiger partial charge in [0, 0.05) is 22.2 Å². The molecule has 1 aromatic heterocycles. The molecular formula is C25H29FN4O3S2. The number of amides is 2. The average molecular weight is 517 g/mol. The third-order valence-electron chi connectivity index (χ3n) is 5.81. The molecule has 186 valence electrons. The molecule has 1 unspecified atom stereocenters. The number of thioether (sulfide) groups is 1. The van der Waals surface area contributed by atoms with Crippen LogP contribution >= 0.6 is 24.0 Å². The molecule has 1 atom stereocenters. The normalized spacial score (nSPS) is 18.4. The molecule has 0 spiro atoms. The Morgan fingerprint density at radius 3 is 2.29 bits per heavy atom. The van der Waals surface area contributed by atoms with Gasteiger partial charge in [-0.3, -0.25) is 14.5 Å². The Labute approximate surface area is 214 Å². The Hall–Kier alpha value is -2.59. The first-order chi connectivity index (χ1) is 16.2. The van der Waals surface area contributed by atoms with Crippen molar-refractivity contribution in [2.45, 2.75) is 70.6 Å². The van der Waals surface area contributed by atoms with Gasteiger partial charge in [-0.2, -0.15) is 0 Å². The summed E-state index contributed by atoms with van der Waals surface area (Å²) in [4.78, 5) is 36.0. The number of hydrogen-bond acceptors (Lipinski definition) is 7. The number of rotatable bonds is 4. The molecule has 1 fully saturated rings. The number of aromatic nitrogens is 2. The molecule has 1 N–H and O–H groups in total. The predicted molar refractivity (Wildman–Crippen MR) is 138 cm³/mol. The van der Waals surface area contributed by atoms with Crippen LogP contribution in [-0.4, -0.2) is 38.0 Å². The maximum atomic E-state index is 15.0. The topological polar surface area (TPSA) is 84.4 Å². The van der Waals surface area contributed by atoms with Gasteiger partial charge < -0.3 is 10.1 Å². The number of hydrogen-bond donors (Lipinski definition) is 1. The summed E-state index contributed by atoms with van der Waals surface area (Å²) in [6, 6.07) is 5.05. The number of anilines is 1. The molecule has 3 heterocycles. The van der Waals surface area contributed by atoms with Gasteiger partial charge in [0.05, 0.1) is 17.5 Å². The van der Waals surface area contributed by atoms with Crippen molar-refractivity contribution < 1.29 is 18.7 Å². The van der Waals surface area contributed by atoms with Crippen molar-refractivity contribution >= 4 is 45.8 Å². The maximum absolute atomic E-state index is 15.0. The van der Waals surface area contributed by atoms with E-state index in [0.717, 1.165) is 11.4 Å². The van der Waals surface area contributed by atoms with Crippen molar-refractivity contribution in [3.63, 3.8) is 0 Å². The fourth-order valence-electron chi connectivity index (χ4n) is 3.83. The molecule has 1 aromatic carbocycles. The zero-order chi connectivity index (χ0) is 25.7. The van der Waals surface area contributed by atoms with Gasteiger partial charge in [0.15, 0.2) is 18.2 Å². The third-order valence-corrected chi connectivity index (χ3v) is 7.18. The zero-order valence-corrected chi connectivity index (χ0v) is 22.3. The van der Waals surface area contributed by atoms with Gasteiger partial charge in [0.2, 0.25) is 5.91 Å². The Kier molecular flexibility index (Phi) is 6.65. The van der Waals surface area contributed by atoms with Crippen molar-refractivity contribution in [3.8, 4) is 5.75 Å². The Morgan fingerprint density at radius 1 is 1.11 bits per heavy atom. The molecule has 4 rings (SSSR count). The summed E-state index contributed by atoms with van der Waals surface area (Å²) in [5.41, 5.74) is 2.18. The molecule has 35 heavy (non-hydrogen) atoms. The molecule has 0 saturated carbocycles. The summed E-state index contributed by atoms with van der Waals surface area (Å²) < 4.78 is 20.9. The lowest BCUT2D eigenvalue weighted by molar-refractivity contribution is -0.121. The quantitative estimate of drug-likeness (QED) is 0.610. The van der Waals surface area contributed by atoms with Crippen LogP contribution in [0.4, 0.5) is 10.1 Å². The van der Waals surface area contributed by atoms with Gasteiger partial charge in [0.1, 0.15) is 10.1 Å². The van der Waals surface area contributed by atoms with Crippen LogP contribution in [0.5, 0.6) is 5.75 Å². The molecule has 7 nitrogen and oxygen atoms in total. The van der Waals surface area contributed by atoms with E-state index in [9.17, 15) is 9.59 Å². The highest BCUT2D eigenvalue weighted by atomic mass is 32.2. The monoisotopic (exact) mass is 516 g/mol. The van der Waals surface area contributed by atoms with E-state index in [1.165, 1.54) is 22.7 Å². The second-order valence-corrected chi connectivity index (χ2v) is 12.7. The van der Waals surface area contributed by atoms with Crippen molar-refractivity contribution in [3.05, 3.63) is 46.8 Å². The lowest BCUT2D eigenvalue weighted by Crippen LogP contribution is -2.39. The standard InChI is InChI=1S/C25H29FN4O3S2/c1-24(2,3)17-10-18(25(4,5)6)28-19(27-17)11-30-15-8-13(9-16-22(32)29-23(34)35-16)7-14(26)21(15)33-12-20(30)31/h7-8,10,16H,9,11-12H2,1-6H3,(H,29,32,34). The third kappa shape index (κ3) is 5.48. The van der Waals surface area contributed by atoms with Crippen molar-refractivity contribution in [1.29, 1.82) is 0 Å². The smallest absolute Gasteiger partial charge is 0.265 e. The minimum atomic E-state index is -0.583. The summed E-state index contributed by atoms with van der Waals surface area (Å²) >= 11 is 6.30. The highest BCUT2D eigenvalue weighted by Crippen LogP contribution is 2.38. The van der Waals surface area contributed by atoms with E-state index in [1.807, 2.05) is 6.07 Å². The summed E-state index contributed by atoms with van der Waals surface area (Å²) in [5.74, 6) is -0.615. The Morgan fingerprint density at radius 2 is 1.74 bits per heavy atom. The van der Waals surface area contributed by atoms with Crippen LogP contribution < -0.4 is 15.0 Å².